The fourth-order valence-electron chi connectivity index (χ4n) is 2.93. The average molecular weight is 312 g/mol. The van der Waals surface area contributed by atoms with Crippen molar-refractivity contribution in [1.82, 2.24) is 9.62 Å². The molecule has 1 N–H and O–H groups in total. The Kier molecular flexibility index (Phi) is 4.03. The van der Waals surface area contributed by atoms with Gasteiger partial charge in [0.1, 0.15) is 10.7 Å². The number of hydrogen-bond acceptors (Lipinski definition) is 3. The van der Waals surface area contributed by atoms with Gasteiger partial charge in [0.25, 0.3) is 0 Å². The Morgan fingerprint density at radius 2 is 2.10 bits per heavy atom. The van der Waals surface area contributed by atoms with Gasteiger partial charge in [-0.15, -0.1) is 0 Å². The molecule has 1 aromatic carbocycles. The van der Waals surface area contributed by atoms with Crippen LogP contribution in [0.3, 0.4) is 0 Å². The molecule has 0 radical (unpaired) electrons. The lowest BCUT2D eigenvalue weighted by atomic mass is 10.1. The fraction of sp³-hybridized carbons (Fsp3) is 0.600. The molecule has 1 aliphatic carbocycles. The van der Waals surface area contributed by atoms with Crippen molar-refractivity contribution in [2.45, 2.75) is 37.1 Å². The molecule has 1 aliphatic heterocycles. The minimum atomic E-state index is -3.76. The number of hydrogen-bond donors (Lipinski definition) is 1. The predicted octanol–water partition coefficient (Wildman–Crippen LogP) is 1.90. The average Bonchev–Trinajstić information content (AvgIpc) is 3.15. The highest BCUT2D eigenvalue weighted by atomic mass is 32.2. The van der Waals surface area contributed by atoms with Crippen LogP contribution in [0.4, 0.5) is 4.39 Å². The van der Waals surface area contributed by atoms with Gasteiger partial charge < -0.3 is 4.90 Å². The number of nitrogens with one attached hydrogen (secondary N) is 1. The molecular weight excluding hydrogens is 291 g/mol. The van der Waals surface area contributed by atoms with Crippen molar-refractivity contribution in [2.24, 2.45) is 5.92 Å². The molecule has 0 bridgehead atoms. The van der Waals surface area contributed by atoms with E-state index < -0.39 is 15.8 Å². The van der Waals surface area contributed by atoms with E-state index in [1.54, 1.807) is 13.0 Å². The molecule has 3 rings (SSSR count). The van der Waals surface area contributed by atoms with Gasteiger partial charge in [-0.05, 0) is 56.3 Å². The molecule has 116 valence electrons. The van der Waals surface area contributed by atoms with Gasteiger partial charge in [0.15, 0.2) is 0 Å². The smallest absolute Gasteiger partial charge is 0.243 e. The molecule has 6 heteroatoms. The van der Waals surface area contributed by atoms with Crippen molar-refractivity contribution in [3.63, 3.8) is 0 Å². The second-order valence-electron chi connectivity index (χ2n) is 6.17. The zero-order valence-electron chi connectivity index (χ0n) is 12.2. The zero-order valence-corrected chi connectivity index (χ0v) is 13.0. The van der Waals surface area contributed by atoms with E-state index in [-0.39, 0.29) is 4.90 Å². The minimum absolute atomic E-state index is 0.259. The summed E-state index contributed by atoms with van der Waals surface area (Å²) >= 11 is 0. The summed E-state index contributed by atoms with van der Waals surface area (Å²) in [5, 5.41) is 0. The molecule has 4 nitrogen and oxygen atoms in total. The van der Waals surface area contributed by atoms with Crippen molar-refractivity contribution in [3.05, 3.63) is 29.6 Å². The molecular formula is C15H21FN2O2S. The van der Waals surface area contributed by atoms with Gasteiger partial charge in [-0.2, -0.15) is 0 Å². The van der Waals surface area contributed by atoms with Crippen LogP contribution in [0.2, 0.25) is 0 Å². The minimum Gasteiger partial charge on any atom is -0.300 e. The maximum Gasteiger partial charge on any atom is 0.243 e. The number of halogens is 1. The molecule has 1 saturated carbocycles. The number of nitrogens with zero attached hydrogens (tertiary/aromatic N) is 1. The first-order chi connectivity index (χ1) is 9.95. The van der Waals surface area contributed by atoms with E-state index in [4.69, 9.17) is 0 Å². The topological polar surface area (TPSA) is 49.4 Å². The summed E-state index contributed by atoms with van der Waals surface area (Å²) in [4.78, 5) is 2.18. The van der Waals surface area contributed by atoms with Crippen molar-refractivity contribution >= 4 is 10.0 Å². The second kappa shape index (κ2) is 5.66. The van der Waals surface area contributed by atoms with Crippen LogP contribution >= 0.6 is 0 Å². The Labute approximate surface area is 125 Å². The van der Waals surface area contributed by atoms with Crippen LogP contribution in [0.5, 0.6) is 0 Å². The third-order valence-corrected chi connectivity index (χ3v) is 5.78. The van der Waals surface area contributed by atoms with E-state index in [0.717, 1.165) is 25.6 Å². The zero-order chi connectivity index (χ0) is 15.0. The highest BCUT2D eigenvalue weighted by Crippen LogP contribution is 2.31. The van der Waals surface area contributed by atoms with Gasteiger partial charge in [0.2, 0.25) is 10.0 Å². The number of rotatable bonds is 5. The van der Waals surface area contributed by atoms with E-state index in [2.05, 4.69) is 9.62 Å². The van der Waals surface area contributed by atoms with Gasteiger partial charge >= 0.3 is 0 Å². The van der Waals surface area contributed by atoms with Crippen LogP contribution in [0.15, 0.2) is 23.1 Å². The molecule has 2 aliphatic rings. The summed E-state index contributed by atoms with van der Waals surface area (Å²) in [5.41, 5.74) is 0.710. The predicted molar refractivity (Wildman–Crippen MR) is 79.0 cm³/mol. The highest BCUT2D eigenvalue weighted by Gasteiger charge is 2.34. The fourth-order valence-corrected chi connectivity index (χ4v) is 4.10. The summed E-state index contributed by atoms with van der Waals surface area (Å²) in [7, 11) is -3.76. The van der Waals surface area contributed by atoms with Crippen LogP contribution in [-0.2, 0) is 10.0 Å². The summed E-state index contributed by atoms with van der Waals surface area (Å²) in [5.74, 6) is -0.359. The van der Waals surface area contributed by atoms with Crippen molar-refractivity contribution in [3.8, 4) is 0 Å². The summed E-state index contributed by atoms with van der Waals surface area (Å²) in [6.07, 6.45) is 3.55. The molecule has 0 spiro atoms. The summed E-state index contributed by atoms with van der Waals surface area (Å²) < 4.78 is 40.7. The number of aryl methyl sites for hydroxylation is 1. The molecule has 1 heterocycles. The van der Waals surface area contributed by atoms with Gasteiger partial charge in [-0.25, -0.2) is 17.5 Å². The van der Waals surface area contributed by atoms with Crippen LogP contribution in [0.25, 0.3) is 0 Å². The molecule has 0 amide bonds. The van der Waals surface area contributed by atoms with Gasteiger partial charge in [0.05, 0.1) is 0 Å². The van der Waals surface area contributed by atoms with Gasteiger partial charge in [-0.3, -0.25) is 0 Å². The number of benzene rings is 1. The summed E-state index contributed by atoms with van der Waals surface area (Å²) in [6, 6.07) is 4.92. The van der Waals surface area contributed by atoms with Crippen LogP contribution in [0, 0.1) is 18.7 Å². The monoisotopic (exact) mass is 312 g/mol. The van der Waals surface area contributed by atoms with E-state index in [1.165, 1.54) is 25.0 Å². The maximum atomic E-state index is 13.8. The molecule has 2 fully saturated rings. The number of likely N-dealkylation sites (tertiary alicyclic amines) is 1. The summed E-state index contributed by atoms with van der Waals surface area (Å²) in [6.45, 7) is 4.12. The molecule has 1 saturated heterocycles. The van der Waals surface area contributed by atoms with Crippen LogP contribution in [0.1, 0.15) is 24.8 Å². The Hall–Kier alpha value is -0.980. The standard InChI is InChI=1S/C15H21FN2O2S/c1-11-2-5-15(14(16)8-11)21(19,20)17-9-12-6-7-18(10-12)13-3-4-13/h2,5,8,12-13,17H,3-4,6-7,9-10H2,1H3. The third-order valence-electron chi connectivity index (χ3n) is 4.32. The van der Waals surface area contributed by atoms with Gasteiger partial charge in [0, 0.05) is 19.1 Å². The third kappa shape index (κ3) is 3.44. The lowest BCUT2D eigenvalue weighted by molar-refractivity contribution is 0.314. The van der Waals surface area contributed by atoms with E-state index in [1.807, 2.05) is 0 Å². The SMILES string of the molecule is Cc1ccc(S(=O)(=O)NCC2CCN(C3CC3)C2)c(F)c1. The lowest BCUT2D eigenvalue weighted by Gasteiger charge is -2.15. The Bertz CT molecular complexity index is 629. The lowest BCUT2D eigenvalue weighted by Crippen LogP contribution is -2.32. The Morgan fingerprint density at radius 3 is 2.76 bits per heavy atom. The second-order valence-corrected chi connectivity index (χ2v) is 7.90. The largest absolute Gasteiger partial charge is 0.300 e. The van der Waals surface area contributed by atoms with Crippen molar-refractivity contribution in [2.75, 3.05) is 19.6 Å². The van der Waals surface area contributed by atoms with E-state index >= 15 is 0 Å². The Morgan fingerprint density at radius 1 is 1.33 bits per heavy atom. The Balaban J connectivity index is 1.61. The van der Waals surface area contributed by atoms with E-state index in [0.29, 0.717) is 18.0 Å². The van der Waals surface area contributed by atoms with Crippen LogP contribution in [-0.4, -0.2) is 39.0 Å². The quantitative estimate of drug-likeness (QED) is 0.903. The first kappa shape index (κ1) is 14.9. The highest BCUT2D eigenvalue weighted by molar-refractivity contribution is 7.89. The van der Waals surface area contributed by atoms with Crippen LogP contribution < -0.4 is 4.72 Å². The molecule has 1 unspecified atom stereocenters. The van der Waals surface area contributed by atoms with Gasteiger partial charge in [-0.1, -0.05) is 6.07 Å². The molecule has 0 aromatic heterocycles. The van der Waals surface area contributed by atoms with Crippen molar-refractivity contribution < 1.29 is 12.8 Å². The molecule has 21 heavy (non-hydrogen) atoms. The normalized spacial score (nSPS) is 23.6. The molecule has 1 aromatic rings. The first-order valence-corrected chi connectivity index (χ1v) is 8.94. The molecule has 1 atom stereocenters. The van der Waals surface area contributed by atoms with Crippen molar-refractivity contribution in [1.29, 1.82) is 0 Å². The maximum absolute atomic E-state index is 13.8. The first-order valence-electron chi connectivity index (χ1n) is 7.45. The van der Waals surface area contributed by atoms with E-state index in [9.17, 15) is 12.8 Å². The number of sulfonamides is 1.